The van der Waals surface area contributed by atoms with Gasteiger partial charge in [-0.05, 0) is 44.4 Å². The van der Waals surface area contributed by atoms with Crippen molar-refractivity contribution in [2.24, 2.45) is 11.1 Å². The second-order valence-corrected chi connectivity index (χ2v) is 6.56. The van der Waals surface area contributed by atoms with Gasteiger partial charge in [0, 0.05) is 26.3 Å². The van der Waals surface area contributed by atoms with Gasteiger partial charge in [-0.15, -0.1) is 0 Å². The number of hydrogen-bond donors (Lipinski definition) is 3. The molecule has 0 radical (unpaired) electrons. The average molecular weight is 336 g/mol. The minimum atomic E-state index is -0.767. The monoisotopic (exact) mass is 336 g/mol. The number of carbonyl (C=O) groups excluding carboxylic acids is 1. The maximum absolute atomic E-state index is 12.5. The van der Waals surface area contributed by atoms with Crippen molar-refractivity contribution >= 4 is 5.91 Å². The standard InChI is InChI=1S/C18H28N2O4/c1-13(2)24-15-5-3-14(4-6-15)16(21)11-20-17(22)18(12-19)7-9-23-10-8-18/h3-6,13,16,21H,7-12,19H2,1-2H3,(H,20,22). The predicted octanol–water partition coefficient (Wildman–Crippen LogP) is 1.38. The van der Waals surface area contributed by atoms with Crippen LogP contribution in [-0.4, -0.2) is 43.4 Å². The Hall–Kier alpha value is -1.63. The highest BCUT2D eigenvalue weighted by Crippen LogP contribution is 2.29. The van der Waals surface area contributed by atoms with Crippen LogP contribution in [0.4, 0.5) is 0 Å². The van der Waals surface area contributed by atoms with Gasteiger partial charge in [0.2, 0.25) is 5.91 Å². The second-order valence-electron chi connectivity index (χ2n) is 6.56. The minimum Gasteiger partial charge on any atom is -0.491 e. The summed E-state index contributed by atoms with van der Waals surface area (Å²) in [6.07, 6.45) is 0.572. The van der Waals surface area contributed by atoms with Gasteiger partial charge in [0.15, 0.2) is 0 Å². The van der Waals surface area contributed by atoms with Gasteiger partial charge in [0.25, 0.3) is 0 Å². The maximum Gasteiger partial charge on any atom is 0.227 e. The van der Waals surface area contributed by atoms with Gasteiger partial charge >= 0.3 is 0 Å². The van der Waals surface area contributed by atoms with Gasteiger partial charge in [0.1, 0.15) is 5.75 Å². The Bertz CT molecular complexity index is 524. The molecule has 4 N–H and O–H groups in total. The number of amides is 1. The van der Waals surface area contributed by atoms with E-state index < -0.39 is 11.5 Å². The fraction of sp³-hybridized carbons (Fsp3) is 0.611. The van der Waals surface area contributed by atoms with Crippen molar-refractivity contribution in [3.63, 3.8) is 0 Å². The molecule has 1 aliphatic heterocycles. The molecule has 1 heterocycles. The van der Waals surface area contributed by atoms with E-state index in [4.69, 9.17) is 15.2 Å². The minimum absolute atomic E-state index is 0.104. The van der Waals surface area contributed by atoms with E-state index in [0.29, 0.717) is 32.6 Å². The Kier molecular flexibility index (Phi) is 6.60. The van der Waals surface area contributed by atoms with Crippen molar-refractivity contribution in [3.05, 3.63) is 29.8 Å². The molecule has 2 rings (SSSR count). The van der Waals surface area contributed by atoms with Gasteiger partial charge in [-0.2, -0.15) is 0 Å². The van der Waals surface area contributed by atoms with Gasteiger partial charge in [-0.3, -0.25) is 4.79 Å². The zero-order chi connectivity index (χ0) is 17.6. The van der Waals surface area contributed by atoms with E-state index in [-0.39, 0.29) is 18.6 Å². The van der Waals surface area contributed by atoms with Gasteiger partial charge in [0.05, 0.1) is 17.6 Å². The Morgan fingerprint density at radius 2 is 1.96 bits per heavy atom. The lowest BCUT2D eigenvalue weighted by molar-refractivity contribution is -0.136. The molecule has 1 amide bonds. The Morgan fingerprint density at radius 3 is 2.50 bits per heavy atom. The third-order valence-corrected chi connectivity index (χ3v) is 4.41. The molecule has 6 nitrogen and oxygen atoms in total. The smallest absolute Gasteiger partial charge is 0.227 e. The number of nitrogens with one attached hydrogen (secondary N) is 1. The molecule has 1 unspecified atom stereocenters. The summed E-state index contributed by atoms with van der Waals surface area (Å²) in [5.41, 5.74) is 5.98. The van der Waals surface area contributed by atoms with Crippen molar-refractivity contribution in [2.75, 3.05) is 26.3 Å². The van der Waals surface area contributed by atoms with Crippen LogP contribution in [0.25, 0.3) is 0 Å². The van der Waals surface area contributed by atoms with Crippen molar-refractivity contribution in [1.82, 2.24) is 5.32 Å². The first kappa shape index (κ1) is 18.7. The molecule has 0 bridgehead atoms. The molecule has 0 aliphatic carbocycles. The quantitative estimate of drug-likeness (QED) is 0.699. The number of ether oxygens (including phenoxy) is 2. The fourth-order valence-corrected chi connectivity index (χ4v) is 2.82. The van der Waals surface area contributed by atoms with Gasteiger partial charge < -0.3 is 25.6 Å². The summed E-state index contributed by atoms with van der Waals surface area (Å²) in [5, 5.41) is 13.1. The normalized spacial score (nSPS) is 18.2. The summed E-state index contributed by atoms with van der Waals surface area (Å²) in [6, 6.07) is 7.25. The Labute approximate surface area is 143 Å². The van der Waals surface area contributed by atoms with Crippen LogP contribution < -0.4 is 15.8 Å². The topological polar surface area (TPSA) is 93.8 Å². The van der Waals surface area contributed by atoms with E-state index in [9.17, 15) is 9.90 Å². The summed E-state index contributed by atoms with van der Waals surface area (Å²) in [7, 11) is 0. The lowest BCUT2D eigenvalue weighted by atomic mass is 9.79. The molecule has 0 saturated carbocycles. The summed E-state index contributed by atoms with van der Waals surface area (Å²) in [6.45, 7) is 5.46. The van der Waals surface area contributed by atoms with E-state index in [1.165, 1.54) is 0 Å². The van der Waals surface area contributed by atoms with Crippen molar-refractivity contribution in [2.45, 2.75) is 38.9 Å². The van der Waals surface area contributed by atoms with Crippen LogP contribution in [-0.2, 0) is 9.53 Å². The second kappa shape index (κ2) is 8.46. The number of carbonyl (C=O) groups is 1. The molecule has 1 saturated heterocycles. The summed E-state index contributed by atoms with van der Waals surface area (Å²) in [4.78, 5) is 12.5. The number of aliphatic hydroxyl groups excluding tert-OH is 1. The lowest BCUT2D eigenvalue weighted by Gasteiger charge is -2.34. The van der Waals surface area contributed by atoms with Gasteiger partial charge in [-0.25, -0.2) is 0 Å². The van der Waals surface area contributed by atoms with E-state index in [0.717, 1.165) is 11.3 Å². The molecule has 1 aromatic carbocycles. The first-order valence-corrected chi connectivity index (χ1v) is 8.47. The highest BCUT2D eigenvalue weighted by molar-refractivity contribution is 5.83. The first-order chi connectivity index (χ1) is 11.5. The largest absolute Gasteiger partial charge is 0.491 e. The van der Waals surface area contributed by atoms with Crippen LogP contribution in [0.3, 0.4) is 0 Å². The van der Waals surface area contributed by atoms with Crippen LogP contribution in [0.2, 0.25) is 0 Å². The third kappa shape index (κ3) is 4.69. The Balaban J connectivity index is 1.89. The molecule has 134 valence electrons. The van der Waals surface area contributed by atoms with Crippen LogP contribution >= 0.6 is 0 Å². The predicted molar refractivity (Wildman–Crippen MR) is 91.7 cm³/mol. The molecule has 0 spiro atoms. The van der Waals surface area contributed by atoms with Crippen LogP contribution in [0.1, 0.15) is 38.4 Å². The summed E-state index contributed by atoms with van der Waals surface area (Å²) < 4.78 is 10.9. The van der Waals surface area contributed by atoms with E-state index in [2.05, 4.69) is 5.32 Å². The van der Waals surface area contributed by atoms with E-state index >= 15 is 0 Å². The molecular formula is C18H28N2O4. The zero-order valence-corrected chi connectivity index (χ0v) is 14.5. The average Bonchev–Trinajstić information content (AvgIpc) is 2.60. The summed E-state index contributed by atoms with van der Waals surface area (Å²) >= 11 is 0. The molecule has 1 aliphatic rings. The van der Waals surface area contributed by atoms with Crippen LogP contribution in [0.15, 0.2) is 24.3 Å². The maximum atomic E-state index is 12.5. The molecule has 1 aromatic rings. The highest BCUT2D eigenvalue weighted by atomic mass is 16.5. The van der Waals surface area contributed by atoms with E-state index in [1.807, 2.05) is 38.1 Å². The number of benzene rings is 1. The number of hydrogen-bond acceptors (Lipinski definition) is 5. The number of nitrogens with two attached hydrogens (primary N) is 1. The summed E-state index contributed by atoms with van der Waals surface area (Å²) in [5.74, 6) is 0.654. The van der Waals surface area contributed by atoms with E-state index in [1.54, 1.807) is 0 Å². The fourth-order valence-electron chi connectivity index (χ4n) is 2.82. The molecule has 6 heteroatoms. The number of rotatable bonds is 7. The van der Waals surface area contributed by atoms with Gasteiger partial charge in [-0.1, -0.05) is 12.1 Å². The zero-order valence-electron chi connectivity index (χ0n) is 14.5. The molecule has 1 fully saturated rings. The lowest BCUT2D eigenvalue weighted by Crippen LogP contribution is -2.49. The molecular weight excluding hydrogens is 308 g/mol. The molecule has 24 heavy (non-hydrogen) atoms. The van der Waals surface area contributed by atoms with Crippen molar-refractivity contribution in [3.8, 4) is 5.75 Å². The van der Waals surface area contributed by atoms with Crippen molar-refractivity contribution < 1.29 is 19.4 Å². The highest BCUT2D eigenvalue weighted by Gasteiger charge is 2.38. The number of aliphatic hydroxyl groups is 1. The molecule has 0 aromatic heterocycles. The molecule has 1 atom stereocenters. The van der Waals surface area contributed by atoms with Crippen LogP contribution in [0.5, 0.6) is 5.75 Å². The van der Waals surface area contributed by atoms with Crippen molar-refractivity contribution in [1.29, 1.82) is 0 Å². The first-order valence-electron chi connectivity index (χ1n) is 8.47. The van der Waals surface area contributed by atoms with Crippen LogP contribution in [0, 0.1) is 5.41 Å². The third-order valence-electron chi connectivity index (χ3n) is 4.41. The Morgan fingerprint density at radius 1 is 1.33 bits per heavy atom. The SMILES string of the molecule is CC(C)Oc1ccc(C(O)CNC(=O)C2(CN)CCOCC2)cc1.